The molecule has 2 bridgehead atoms. The van der Waals surface area contributed by atoms with E-state index in [0.29, 0.717) is 18.2 Å². The minimum absolute atomic E-state index is 0.112. The smallest absolute Gasteiger partial charge is 0.406 e. The number of nitrogens with zero attached hydrogens (tertiary/aromatic N) is 2. The van der Waals surface area contributed by atoms with E-state index in [1.54, 1.807) is 5.57 Å². The summed E-state index contributed by atoms with van der Waals surface area (Å²) in [5, 5.41) is 2.96. The molecule has 0 unspecified atom stereocenters. The van der Waals surface area contributed by atoms with Gasteiger partial charge in [-0.3, -0.25) is 14.6 Å². The number of piperidine rings is 3. The molecule has 0 radical (unpaired) electrons. The lowest BCUT2D eigenvalue weighted by Gasteiger charge is -2.55. The molecule has 0 aromatic heterocycles. The molecule has 5 rings (SSSR count). The second kappa shape index (κ2) is 11.1. The van der Waals surface area contributed by atoms with E-state index in [1.165, 1.54) is 82.4 Å². The maximum atomic E-state index is 12.3. The maximum absolute atomic E-state index is 12.3. The van der Waals surface area contributed by atoms with Gasteiger partial charge < -0.3 is 10.1 Å². The Morgan fingerprint density at radius 1 is 1.08 bits per heavy atom. The van der Waals surface area contributed by atoms with Gasteiger partial charge in [-0.1, -0.05) is 30.2 Å². The zero-order valence-electron chi connectivity index (χ0n) is 20.9. The fraction of sp³-hybridized carbons (Fsp3) is 0.679. The fourth-order valence-electron chi connectivity index (χ4n) is 7.06. The van der Waals surface area contributed by atoms with E-state index in [9.17, 15) is 18.0 Å². The number of amides is 1. The number of alkyl halides is 3. The van der Waals surface area contributed by atoms with E-state index in [1.807, 2.05) is 0 Å². The predicted molar refractivity (Wildman–Crippen MR) is 133 cm³/mol. The first-order chi connectivity index (χ1) is 17.4. The van der Waals surface area contributed by atoms with Gasteiger partial charge in [0.1, 0.15) is 5.75 Å². The number of carbonyl (C=O) groups is 1. The molecule has 1 aromatic carbocycles. The summed E-state index contributed by atoms with van der Waals surface area (Å²) in [7, 11) is 0. The Morgan fingerprint density at radius 2 is 1.92 bits per heavy atom. The number of benzene rings is 1. The summed E-state index contributed by atoms with van der Waals surface area (Å²) in [4.78, 5) is 17.8. The summed E-state index contributed by atoms with van der Waals surface area (Å²) < 4.78 is 40.7. The molecule has 1 amide bonds. The number of likely N-dealkylation sites (tertiary alicyclic amines) is 1. The standard InChI is InChI=1S/C28H38F3N3O2/c29-28(30,31)36-24-10-8-20(9-11-24)16-26(35)32-12-2-4-13-33-15-5-6-21-17-22-18-23(27(21)33)19-34-14-3-1-7-25(22)34/h8-11,17,22-23,25,27H,1-7,12-16,18-19H2,(H,32,35)/t22-,23+,25+,27+/m0/s1. The summed E-state index contributed by atoms with van der Waals surface area (Å²) in [6.07, 6.45) is 8.06. The van der Waals surface area contributed by atoms with Crippen LogP contribution in [0, 0.1) is 11.8 Å². The molecule has 1 N–H and O–H groups in total. The molecule has 8 heteroatoms. The summed E-state index contributed by atoms with van der Waals surface area (Å²) in [6, 6.07) is 6.86. The van der Waals surface area contributed by atoms with Crippen LogP contribution in [0.3, 0.4) is 0 Å². The first-order valence-electron chi connectivity index (χ1n) is 13.7. The van der Waals surface area contributed by atoms with Crippen LogP contribution in [0.15, 0.2) is 35.9 Å². The second-order valence-electron chi connectivity index (χ2n) is 11.0. The Bertz CT molecular complexity index is 933. The number of unbranched alkanes of at least 4 members (excludes halogenated alkanes) is 1. The minimum atomic E-state index is -4.71. The van der Waals surface area contributed by atoms with Gasteiger partial charge in [0.2, 0.25) is 5.91 Å². The van der Waals surface area contributed by atoms with Crippen LogP contribution >= 0.6 is 0 Å². The van der Waals surface area contributed by atoms with E-state index in [0.717, 1.165) is 37.3 Å². The predicted octanol–water partition coefficient (Wildman–Crippen LogP) is 4.92. The zero-order chi connectivity index (χ0) is 25.1. The minimum Gasteiger partial charge on any atom is -0.406 e. The molecule has 3 aliphatic heterocycles. The zero-order valence-corrected chi connectivity index (χ0v) is 20.9. The number of rotatable bonds is 8. The number of ether oxygens (including phenoxy) is 1. The SMILES string of the molecule is O=C(Cc1ccc(OC(F)(F)F)cc1)NCCCCN1CCCC2=C[C@H]3C[C@H](CN4CCCC[C@H]34)[C@@H]21. The maximum Gasteiger partial charge on any atom is 0.573 e. The number of hydrogen-bond acceptors (Lipinski definition) is 4. The van der Waals surface area contributed by atoms with Gasteiger partial charge in [0, 0.05) is 25.2 Å². The van der Waals surface area contributed by atoms with Crippen molar-refractivity contribution in [3.8, 4) is 5.75 Å². The fourth-order valence-corrected chi connectivity index (χ4v) is 7.06. The highest BCUT2D eigenvalue weighted by atomic mass is 19.4. The van der Waals surface area contributed by atoms with E-state index in [-0.39, 0.29) is 18.1 Å². The second-order valence-corrected chi connectivity index (χ2v) is 11.0. The van der Waals surface area contributed by atoms with Crippen LogP contribution in [0.5, 0.6) is 5.75 Å². The normalized spacial score (nSPS) is 28.6. The summed E-state index contributed by atoms with van der Waals surface area (Å²) >= 11 is 0. The van der Waals surface area contributed by atoms with Gasteiger partial charge in [-0.25, -0.2) is 0 Å². The van der Waals surface area contributed by atoms with Crippen LogP contribution in [-0.2, 0) is 11.2 Å². The Hall–Kier alpha value is -2.06. The lowest BCUT2D eigenvalue weighted by Crippen LogP contribution is -2.59. The summed E-state index contributed by atoms with van der Waals surface area (Å²) in [5.41, 5.74) is 2.36. The molecule has 0 saturated carbocycles. The molecule has 36 heavy (non-hydrogen) atoms. The third-order valence-corrected chi connectivity index (χ3v) is 8.48. The van der Waals surface area contributed by atoms with E-state index in [2.05, 4.69) is 25.9 Å². The van der Waals surface area contributed by atoms with Gasteiger partial charge in [-0.05, 0) is 94.1 Å². The van der Waals surface area contributed by atoms with Gasteiger partial charge in [0.15, 0.2) is 0 Å². The Labute approximate surface area is 212 Å². The molecule has 4 aliphatic rings. The molecule has 1 aliphatic carbocycles. The van der Waals surface area contributed by atoms with Crippen molar-refractivity contribution in [1.29, 1.82) is 0 Å². The van der Waals surface area contributed by atoms with Crippen molar-refractivity contribution in [3.63, 3.8) is 0 Å². The first-order valence-corrected chi connectivity index (χ1v) is 13.7. The summed E-state index contributed by atoms with van der Waals surface area (Å²) in [5.74, 6) is 1.13. The molecule has 3 heterocycles. The van der Waals surface area contributed by atoms with E-state index >= 15 is 0 Å². The van der Waals surface area contributed by atoms with E-state index in [4.69, 9.17) is 0 Å². The lowest BCUT2D eigenvalue weighted by atomic mass is 9.68. The largest absolute Gasteiger partial charge is 0.573 e. The van der Waals surface area contributed by atoms with Crippen molar-refractivity contribution in [2.75, 3.05) is 32.7 Å². The molecule has 1 aromatic rings. The average molecular weight is 506 g/mol. The van der Waals surface area contributed by atoms with Crippen molar-refractivity contribution < 1.29 is 22.7 Å². The first kappa shape index (κ1) is 25.6. The van der Waals surface area contributed by atoms with Gasteiger partial charge >= 0.3 is 6.36 Å². The quantitative estimate of drug-likeness (QED) is 0.403. The van der Waals surface area contributed by atoms with Crippen LogP contribution in [0.25, 0.3) is 0 Å². The highest BCUT2D eigenvalue weighted by Crippen LogP contribution is 2.45. The van der Waals surface area contributed by atoms with Crippen LogP contribution in [0.1, 0.15) is 56.9 Å². The average Bonchev–Trinajstić information content (AvgIpc) is 2.84. The number of halogens is 3. The molecular formula is C28H38F3N3O2. The molecule has 3 fully saturated rings. The molecule has 4 atom stereocenters. The molecule has 198 valence electrons. The van der Waals surface area contributed by atoms with Gasteiger partial charge in [0.05, 0.1) is 6.42 Å². The Morgan fingerprint density at radius 3 is 2.72 bits per heavy atom. The highest BCUT2D eigenvalue weighted by molar-refractivity contribution is 5.78. The lowest BCUT2D eigenvalue weighted by molar-refractivity contribution is -0.274. The highest BCUT2D eigenvalue weighted by Gasteiger charge is 2.45. The van der Waals surface area contributed by atoms with Gasteiger partial charge in [-0.2, -0.15) is 0 Å². The van der Waals surface area contributed by atoms with Crippen LogP contribution in [0.2, 0.25) is 0 Å². The number of nitrogens with one attached hydrogen (secondary N) is 1. The van der Waals surface area contributed by atoms with Crippen molar-refractivity contribution in [1.82, 2.24) is 15.1 Å². The third-order valence-electron chi connectivity index (χ3n) is 8.48. The van der Waals surface area contributed by atoms with Crippen molar-refractivity contribution >= 4 is 5.91 Å². The number of fused-ring (bicyclic) bond motifs is 6. The molecule has 3 saturated heterocycles. The van der Waals surface area contributed by atoms with Crippen LogP contribution in [0.4, 0.5) is 13.2 Å². The van der Waals surface area contributed by atoms with Crippen molar-refractivity contribution in [3.05, 3.63) is 41.5 Å². The Balaban J connectivity index is 1.05. The molecule has 0 spiro atoms. The van der Waals surface area contributed by atoms with Gasteiger partial charge in [-0.15, -0.1) is 13.2 Å². The van der Waals surface area contributed by atoms with Gasteiger partial charge in [0.25, 0.3) is 0 Å². The number of carbonyl (C=O) groups excluding carboxylic acids is 1. The summed E-state index contributed by atoms with van der Waals surface area (Å²) in [6.45, 7) is 5.41. The molecular weight excluding hydrogens is 467 g/mol. The van der Waals surface area contributed by atoms with Crippen molar-refractivity contribution in [2.24, 2.45) is 11.8 Å². The topological polar surface area (TPSA) is 44.8 Å². The molecule has 5 nitrogen and oxygen atoms in total. The van der Waals surface area contributed by atoms with E-state index < -0.39 is 6.36 Å². The number of hydrogen-bond donors (Lipinski definition) is 1. The monoisotopic (exact) mass is 505 g/mol. The third kappa shape index (κ3) is 6.25. The van der Waals surface area contributed by atoms with Crippen LogP contribution in [-0.4, -0.2) is 66.9 Å². The Kier molecular flexibility index (Phi) is 7.91. The van der Waals surface area contributed by atoms with Crippen molar-refractivity contribution in [2.45, 2.75) is 76.2 Å². The van der Waals surface area contributed by atoms with Crippen LogP contribution < -0.4 is 10.1 Å².